The van der Waals surface area contributed by atoms with Crippen LogP contribution in [0, 0.1) is 20.8 Å². The first-order valence-corrected chi connectivity index (χ1v) is 8.66. The maximum atomic E-state index is 12.6. The molecule has 0 fully saturated rings. The maximum Gasteiger partial charge on any atom is 0.335 e. The number of carboxylic acids is 1. The van der Waals surface area contributed by atoms with E-state index < -0.39 is 5.97 Å². The van der Waals surface area contributed by atoms with Crippen LogP contribution in [-0.4, -0.2) is 27.0 Å². The summed E-state index contributed by atoms with van der Waals surface area (Å²) >= 11 is 0. The first-order chi connectivity index (χ1) is 13.3. The Morgan fingerprint density at radius 3 is 2.29 bits per heavy atom. The lowest BCUT2D eigenvalue weighted by Crippen LogP contribution is -2.13. The highest BCUT2D eigenvalue weighted by Gasteiger charge is 2.11. The van der Waals surface area contributed by atoms with Crippen molar-refractivity contribution in [2.24, 2.45) is 0 Å². The predicted molar refractivity (Wildman–Crippen MR) is 107 cm³/mol. The standard InChI is InChI=1S/C21H20N4O3/c1-12-7-8-16(20(27)28)11-18(12)25-19(26)15-5-4-6-17(10-15)24-21-22-13(2)9-14(3)23-21/h4-11H,1-3H3,(H,25,26)(H,27,28)(H,22,23,24). The summed E-state index contributed by atoms with van der Waals surface area (Å²) in [4.78, 5) is 32.5. The number of aryl methyl sites for hydroxylation is 3. The van der Waals surface area contributed by atoms with E-state index in [1.165, 1.54) is 12.1 Å². The average molecular weight is 376 g/mol. The molecular formula is C21H20N4O3. The van der Waals surface area contributed by atoms with Crippen LogP contribution in [0.15, 0.2) is 48.5 Å². The highest BCUT2D eigenvalue weighted by Crippen LogP contribution is 2.20. The minimum absolute atomic E-state index is 0.114. The van der Waals surface area contributed by atoms with E-state index in [1.807, 2.05) is 26.0 Å². The van der Waals surface area contributed by atoms with Gasteiger partial charge in [0, 0.05) is 28.3 Å². The number of aromatic carboxylic acids is 1. The smallest absolute Gasteiger partial charge is 0.335 e. The van der Waals surface area contributed by atoms with Crippen LogP contribution < -0.4 is 10.6 Å². The minimum atomic E-state index is -1.05. The van der Waals surface area contributed by atoms with Crippen LogP contribution in [0.1, 0.15) is 37.7 Å². The second-order valence-electron chi connectivity index (χ2n) is 6.47. The highest BCUT2D eigenvalue weighted by atomic mass is 16.4. The van der Waals surface area contributed by atoms with Crippen LogP contribution in [-0.2, 0) is 0 Å². The van der Waals surface area contributed by atoms with E-state index in [9.17, 15) is 9.59 Å². The number of hydrogen-bond acceptors (Lipinski definition) is 5. The van der Waals surface area contributed by atoms with Gasteiger partial charge in [0.1, 0.15) is 0 Å². The van der Waals surface area contributed by atoms with E-state index in [2.05, 4.69) is 20.6 Å². The fourth-order valence-electron chi connectivity index (χ4n) is 2.73. The summed E-state index contributed by atoms with van der Waals surface area (Å²) in [5, 5.41) is 15.0. The molecule has 142 valence electrons. The van der Waals surface area contributed by atoms with E-state index in [0.29, 0.717) is 22.9 Å². The van der Waals surface area contributed by atoms with Crippen molar-refractivity contribution in [3.63, 3.8) is 0 Å². The van der Waals surface area contributed by atoms with Crippen LogP contribution in [0.25, 0.3) is 0 Å². The zero-order chi connectivity index (χ0) is 20.3. The molecule has 28 heavy (non-hydrogen) atoms. The predicted octanol–water partition coefficient (Wildman–Crippen LogP) is 4.10. The lowest BCUT2D eigenvalue weighted by molar-refractivity contribution is 0.0696. The van der Waals surface area contributed by atoms with Crippen LogP contribution in [0.4, 0.5) is 17.3 Å². The summed E-state index contributed by atoms with van der Waals surface area (Å²) in [5.41, 5.74) is 4.14. The lowest BCUT2D eigenvalue weighted by Gasteiger charge is -2.11. The number of nitrogens with one attached hydrogen (secondary N) is 2. The third kappa shape index (κ3) is 4.50. The van der Waals surface area contributed by atoms with Gasteiger partial charge in [0.15, 0.2) is 0 Å². The Morgan fingerprint density at radius 2 is 1.61 bits per heavy atom. The SMILES string of the molecule is Cc1cc(C)nc(Nc2cccc(C(=O)Nc3cc(C(=O)O)ccc3C)c2)n1. The van der Waals surface area contributed by atoms with Crippen molar-refractivity contribution < 1.29 is 14.7 Å². The Morgan fingerprint density at radius 1 is 0.893 bits per heavy atom. The van der Waals surface area contributed by atoms with Crippen molar-refractivity contribution in [1.29, 1.82) is 0 Å². The van der Waals surface area contributed by atoms with Crippen molar-refractivity contribution in [3.05, 3.63) is 76.6 Å². The molecule has 3 aromatic rings. The number of benzene rings is 2. The van der Waals surface area contributed by atoms with E-state index in [0.717, 1.165) is 17.0 Å². The molecule has 3 N–H and O–H groups in total. The van der Waals surface area contributed by atoms with Gasteiger partial charge in [-0.25, -0.2) is 14.8 Å². The molecule has 0 aliphatic carbocycles. The molecule has 1 amide bonds. The minimum Gasteiger partial charge on any atom is -0.478 e. The molecule has 0 unspecified atom stereocenters. The van der Waals surface area contributed by atoms with E-state index in [1.54, 1.807) is 31.2 Å². The van der Waals surface area contributed by atoms with Crippen LogP contribution in [0.3, 0.4) is 0 Å². The van der Waals surface area contributed by atoms with Crippen LogP contribution >= 0.6 is 0 Å². The van der Waals surface area contributed by atoms with Crippen molar-refractivity contribution in [3.8, 4) is 0 Å². The summed E-state index contributed by atoms with van der Waals surface area (Å²) < 4.78 is 0. The van der Waals surface area contributed by atoms with Gasteiger partial charge in [-0.05, 0) is 62.7 Å². The molecular weight excluding hydrogens is 356 g/mol. The summed E-state index contributed by atoms with van der Waals surface area (Å²) in [6.07, 6.45) is 0. The molecule has 0 spiro atoms. The van der Waals surface area contributed by atoms with Crippen LogP contribution in [0.2, 0.25) is 0 Å². The molecule has 0 atom stereocenters. The third-order valence-corrected chi connectivity index (χ3v) is 4.10. The van der Waals surface area contributed by atoms with E-state index in [-0.39, 0.29) is 11.5 Å². The summed E-state index contributed by atoms with van der Waals surface area (Å²) in [5.74, 6) is -0.925. The normalized spacial score (nSPS) is 10.4. The molecule has 0 saturated carbocycles. The third-order valence-electron chi connectivity index (χ3n) is 4.10. The molecule has 7 nitrogen and oxygen atoms in total. The average Bonchev–Trinajstić information content (AvgIpc) is 2.62. The molecule has 2 aromatic carbocycles. The summed E-state index contributed by atoms with van der Waals surface area (Å²) in [6, 6.07) is 13.4. The van der Waals surface area contributed by atoms with Crippen LogP contribution in [0.5, 0.6) is 0 Å². The Hall–Kier alpha value is -3.74. The number of carboxylic acid groups (broad SMARTS) is 1. The maximum absolute atomic E-state index is 12.6. The van der Waals surface area contributed by atoms with Gasteiger partial charge in [-0.2, -0.15) is 0 Å². The molecule has 1 heterocycles. The Labute approximate surface area is 162 Å². The summed E-state index contributed by atoms with van der Waals surface area (Å²) in [7, 11) is 0. The molecule has 7 heteroatoms. The Balaban J connectivity index is 1.81. The Bertz CT molecular complexity index is 1040. The van der Waals surface area contributed by atoms with Gasteiger partial charge in [0.05, 0.1) is 5.56 Å². The molecule has 3 rings (SSSR count). The largest absolute Gasteiger partial charge is 0.478 e. The van der Waals surface area contributed by atoms with Crippen molar-refractivity contribution in [1.82, 2.24) is 9.97 Å². The van der Waals surface area contributed by atoms with Gasteiger partial charge >= 0.3 is 5.97 Å². The number of rotatable bonds is 5. The molecule has 0 aliphatic rings. The van der Waals surface area contributed by atoms with Gasteiger partial charge in [-0.3, -0.25) is 4.79 Å². The molecule has 0 bridgehead atoms. The second kappa shape index (κ2) is 7.87. The number of carbonyl (C=O) groups is 2. The fourth-order valence-corrected chi connectivity index (χ4v) is 2.73. The van der Waals surface area contributed by atoms with E-state index >= 15 is 0 Å². The van der Waals surface area contributed by atoms with Crippen molar-refractivity contribution >= 4 is 29.2 Å². The van der Waals surface area contributed by atoms with E-state index in [4.69, 9.17) is 5.11 Å². The van der Waals surface area contributed by atoms with Crippen molar-refractivity contribution in [2.45, 2.75) is 20.8 Å². The number of amides is 1. The molecule has 1 aromatic heterocycles. The number of nitrogens with zero attached hydrogens (tertiary/aromatic N) is 2. The summed E-state index contributed by atoms with van der Waals surface area (Å²) in [6.45, 7) is 5.57. The van der Waals surface area contributed by atoms with Crippen molar-refractivity contribution in [2.75, 3.05) is 10.6 Å². The van der Waals surface area contributed by atoms with Gasteiger partial charge in [-0.1, -0.05) is 12.1 Å². The topological polar surface area (TPSA) is 104 Å². The number of hydrogen-bond donors (Lipinski definition) is 3. The molecule has 0 radical (unpaired) electrons. The zero-order valence-corrected chi connectivity index (χ0v) is 15.8. The second-order valence-corrected chi connectivity index (χ2v) is 6.47. The van der Waals surface area contributed by atoms with Gasteiger partial charge in [0.2, 0.25) is 5.95 Å². The Kier molecular flexibility index (Phi) is 5.35. The van der Waals surface area contributed by atoms with Gasteiger partial charge in [0.25, 0.3) is 5.91 Å². The lowest BCUT2D eigenvalue weighted by atomic mass is 10.1. The number of aromatic nitrogens is 2. The first kappa shape index (κ1) is 19.0. The quantitative estimate of drug-likeness (QED) is 0.619. The zero-order valence-electron chi connectivity index (χ0n) is 15.8. The molecule has 0 aliphatic heterocycles. The molecule has 0 saturated heterocycles. The monoisotopic (exact) mass is 376 g/mol. The first-order valence-electron chi connectivity index (χ1n) is 8.66. The fraction of sp³-hybridized carbons (Fsp3) is 0.143. The highest BCUT2D eigenvalue weighted by molar-refractivity contribution is 6.05. The van der Waals surface area contributed by atoms with Gasteiger partial charge < -0.3 is 15.7 Å². The number of anilines is 3. The van der Waals surface area contributed by atoms with Gasteiger partial charge in [-0.15, -0.1) is 0 Å². The number of carbonyl (C=O) groups excluding carboxylic acids is 1.